The van der Waals surface area contributed by atoms with Crippen LogP contribution in [0, 0.1) is 17.2 Å². The van der Waals surface area contributed by atoms with Crippen molar-refractivity contribution in [1.29, 1.82) is 5.26 Å². The Labute approximate surface area is 147 Å². The Morgan fingerprint density at radius 2 is 2.08 bits per heavy atom. The van der Waals surface area contributed by atoms with Gasteiger partial charge in [-0.25, -0.2) is 9.48 Å². The van der Waals surface area contributed by atoms with Crippen molar-refractivity contribution in [3.63, 3.8) is 0 Å². The van der Waals surface area contributed by atoms with Crippen molar-refractivity contribution < 1.29 is 9.53 Å². The van der Waals surface area contributed by atoms with Crippen molar-refractivity contribution in [3.05, 3.63) is 23.8 Å². The summed E-state index contributed by atoms with van der Waals surface area (Å²) in [6.07, 6.45) is 1.56. The van der Waals surface area contributed by atoms with Gasteiger partial charge in [-0.15, -0.1) is 5.10 Å². The fourth-order valence-electron chi connectivity index (χ4n) is 3.04. The van der Waals surface area contributed by atoms with E-state index in [1.807, 2.05) is 37.6 Å². The van der Waals surface area contributed by atoms with E-state index in [2.05, 4.69) is 16.4 Å². The minimum atomic E-state index is -0.466. The average molecular weight is 341 g/mol. The van der Waals surface area contributed by atoms with Crippen molar-refractivity contribution in [3.8, 4) is 6.07 Å². The summed E-state index contributed by atoms with van der Waals surface area (Å²) in [4.78, 5) is 13.9. The fraction of sp³-hybridized carbons (Fsp3) is 0.556. The van der Waals surface area contributed by atoms with Crippen molar-refractivity contribution in [2.24, 2.45) is 5.92 Å². The number of benzene rings is 1. The molecule has 132 valence electrons. The molecule has 2 heterocycles. The second kappa shape index (κ2) is 6.71. The summed E-state index contributed by atoms with van der Waals surface area (Å²) >= 11 is 0. The molecule has 7 nitrogen and oxygen atoms in total. The standard InChI is InChI=1S/C18H23N5O2/c1-18(2,3)25-17(24)22-8-6-13(7-9-22)12-23-16-10-14(11-19)4-5-15(16)20-21-23/h4-5,10,13H,6-9,12H2,1-3H3. The number of piperidine rings is 1. The largest absolute Gasteiger partial charge is 0.444 e. The van der Waals surface area contributed by atoms with E-state index in [0.29, 0.717) is 24.6 Å². The summed E-state index contributed by atoms with van der Waals surface area (Å²) in [5.41, 5.74) is 1.82. The van der Waals surface area contributed by atoms with Gasteiger partial charge < -0.3 is 9.64 Å². The maximum atomic E-state index is 12.1. The molecule has 1 amide bonds. The zero-order valence-electron chi connectivity index (χ0n) is 14.9. The maximum absolute atomic E-state index is 12.1. The van der Waals surface area contributed by atoms with Gasteiger partial charge in [0.15, 0.2) is 0 Å². The second-order valence-electron chi connectivity index (χ2n) is 7.50. The third kappa shape index (κ3) is 4.08. The zero-order valence-corrected chi connectivity index (χ0v) is 14.9. The van der Waals surface area contributed by atoms with Crippen LogP contribution in [-0.2, 0) is 11.3 Å². The predicted octanol–water partition coefficient (Wildman–Crippen LogP) is 2.95. The quantitative estimate of drug-likeness (QED) is 0.838. The highest BCUT2D eigenvalue weighted by molar-refractivity contribution is 5.75. The van der Waals surface area contributed by atoms with Gasteiger partial charge >= 0.3 is 6.09 Å². The van der Waals surface area contributed by atoms with Crippen molar-refractivity contribution >= 4 is 17.1 Å². The summed E-state index contributed by atoms with van der Waals surface area (Å²) in [5.74, 6) is 0.425. The van der Waals surface area contributed by atoms with Gasteiger partial charge in [0.2, 0.25) is 0 Å². The predicted molar refractivity (Wildman–Crippen MR) is 92.8 cm³/mol. The minimum Gasteiger partial charge on any atom is -0.444 e. The molecule has 0 saturated carbocycles. The molecule has 1 fully saturated rings. The van der Waals surface area contributed by atoms with Crippen LogP contribution in [-0.4, -0.2) is 44.7 Å². The maximum Gasteiger partial charge on any atom is 0.410 e. The molecule has 7 heteroatoms. The Morgan fingerprint density at radius 1 is 1.36 bits per heavy atom. The van der Waals surface area contributed by atoms with Crippen LogP contribution in [0.3, 0.4) is 0 Å². The van der Waals surface area contributed by atoms with E-state index < -0.39 is 5.60 Å². The first-order valence-corrected chi connectivity index (χ1v) is 8.57. The smallest absolute Gasteiger partial charge is 0.410 e. The lowest BCUT2D eigenvalue weighted by Crippen LogP contribution is -2.42. The molecule has 3 rings (SSSR count). The van der Waals surface area contributed by atoms with Gasteiger partial charge in [-0.3, -0.25) is 0 Å². The van der Waals surface area contributed by atoms with E-state index in [4.69, 9.17) is 10.00 Å². The van der Waals surface area contributed by atoms with Crippen LogP contribution in [0.15, 0.2) is 18.2 Å². The SMILES string of the molecule is CC(C)(C)OC(=O)N1CCC(Cn2nnc3ccc(C#N)cc32)CC1. The summed E-state index contributed by atoms with van der Waals surface area (Å²) in [5, 5.41) is 17.4. The number of ether oxygens (including phenoxy) is 1. The van der Waals surface area contributed by atoms with Crippen LogP contribution in [0.2, 0.25) is 0 Å². The molecule has 25 heavy (non-hydrogen) atoms. The number of carbonyl (C=O) groups excluding carboxylic acids is 1. The van der Waals surface area contributed by atoms with Crippen LogP contribution < -0.4 is 0 Å². The van der Waals surface area contributed by atoms with Gasteiger partial charge in [-0.1, -0.05) is 5.21 Å². The molecule has 1 aliphatic rings. The summed E-state index contributed by atoms with van der Waals surface area (Å²) in [6.45, 7) is 7.76. The lowest BCUT2D eigenvalue weighted by Gasteiger charge is -2.33. The number of aromatic nitrogens is 3. The molecule has 0 aliphatic carbocycles. The summed E-state index contributed by atoms with van der Waals surface area (Å²) < 4.78 is 7.30. The van der Waals surface area contributed by atoms with Gasteiger partial charge in [0.1, 0.15) is 11.1 Å². The Bertz CT molecular complexity index is 807. The molecule has 0 unspecified atom stereocenters. The highest BCUT2D eigenvalue weighted by atomic mass is 16.6. The zero-order chi connectivity index (χ0) is 18.0. The lowest BCUT2D eigenvalue weighted by molar-refractivity contribution is 0.0177. The Hall–Kier alpha value is -2.62. The fourth-order valence-corrected chi connectivity index (χ4v) is 3.04. The average Bonchev–Trinajstić information content (AvgIpc) is 2.96. The van der Waals surface area contributed by atoms with Crippen molar-refractivity contribution in [2.45, 2.75) is 45.8 Å². The number of amides is 1. The van der Waals surface area contributed by atoms with Gasteiger partial charge in [-0.05, 0) is 57.7 Å². The van der Waals surface area contributed by atoms with Crippen molar-refractivity contribution in [2.75, 3.05) is 13.1 Å². The van der Waals surface area contributed by atoms with Crippen LogP contribution in [0.1, 0.15) is 39.2 Å². The van der Waals surface area contributed by atoms with Gasteiger partial charge in [-0.2, -0.15) is 5.26 Å². The molecule has 0 spiro atoms. The summed E-state index contributed by atoms with van der Waals surface area (Å²) in [7, 11) is 0. The van der Waals surface area contributed by atoms with Gasteiger partial charge in [0.05, 0.1) is 17.1 Å². The van der Waals surface area contributed by atoms with Gasteiger partial charge in [0.25, 0.3) is 0 Å². The first kappa shape index (κ1) is 17.2. The third-order valence-electron chi connectivity index (χ3n) is 4.34. The van der Waals surface area contributed by atoms with Crippen LogP contribution >= 0.6 is 0 Å². The third-order valence-corrected chi connectivity index (χ3v) is 4.34. The van der Waals surface area contributed by atoms with Crippen molar-refractivity contribution in [1.82, 2.24) is 19.9 Å². The molecule has 0 N–H and O–H groups in total. The Balaban J connectivity index is 1.61. The molecule has 2 aromatic rings. The highest BCUT2D eigenvalue weighted by Crippen LogP contribution is 2.23. The molecular formula is C18H23N5O2. The lowest BCUT2D eigenvalue weighted by atomic mass is 9.97. The number of hydrogen-bond acceptors (Lipinski definition) is 5. The second-order valence-corrected chi connectivity index (χ2v) is 7.50. The van der Waals surface area contributed by atoms with E-state index in [1.165, 1.54) is 0 Å². The van der Waals surface area contributed by atoms with E-state index >= 15 is 0 Å². The van der Waals surface area contributed by atoms with Gasteiger partial charge in [0, 0.05) is 19.6 Å². The molecule has 1 aromatic carbocycles. The Morgan fingerprint density at radius 3 is 2.72 bits per heavy atom. The van der Waals surface area contributed by atoms with E-state index in [1.54, 1.807) is 11.0 Å². The molecule has 0 radical (unpaired) electrons. The molecule has 1 aliphatic heterocycles. The highest BCUT2D eigenvalue weighted by Gasteiger charge is 2.27. The molecule has 1 aromatic heterocycles. The molecule has 0 atom stereocenters. The van der Waals surface area contributed by atoms with Crippen LogP contribution in [0.4, 0.5) is 4.79 Å². The van der Waals surface area contributed by atoms with E-state index in [-0.39, 0.29) is 6.09 Å². The Kier molecular flexibility index (Phi) is 4.62. The topological polar surface area (TPSA) is 84.0 Å². The monoisotopic (exact) mass is 341 g/mol. The number of rotatable bonds is 2. The van der Waals surface area contributed by atoms with E-state index in [0.717, 1.165) is 30.4 Å². The first-order chi connectivity index (χ1) is 11.9. The number of likely N-dealkylation sites (tertiary alicyclic amines) is 1. The summed E-state index contributed by atoms with van der Waals surface area (Å²) in [6, 6.07) is 7.55. The number of fused-ring (bicyclic) bond motifs is 1. The van der Waals surface area contributed by atoms with Crippen LogP contribution in [0.5, 0.6) is 0 Å². The first-order valence-electron chi connectivity index (χ1n) is 8.57. The number of carbonyl (C=O) groups is 1. The van der Waals surface area contributed by atoms with Crippen LogP contribution in [0.25, 0.3) is 11.0 Å². The molecule has 1 saturated heterocycles. The van der Waals surface area contributed by atoms with E-state index in [9.17, 15) is 4.79 Å². The number of nitriles is 1. The minimum absolute atomic E-state index is 0.240. The normalized spacial score (nSPS) is 16.0. The number of hydrogen-bond donors (Lipinski definition) is 0. The number of nitrogens with zero attached hydrogens (tertiary/aromatic N) is 5. The molecular weight excluding hydrogens is 318 g/mol. The molecule has 0 bridgehead atoms.